The molecule has 152 valence electrons. The van der Waals surface area contributed by atoms with Crippen LogP contribution in [0.25, 0.3) is 0 Å². The van der Waals surface area contributed by atoms with E-state index in [9.17, 15) is 9.59 Å². The van der Waals surface area contributed by atoms with E-state index in [1.165, 1.54) is 25.7 Å². The predicted molar refractivity (Wildman–Crippen MR) is 105 cm³/mol. The number of unbranched alkanes of at least 4 members (excludes halogenated alkanes) is 5. The highest BCUT2D eigenvalue weighted by Crippen LogP contribution is 2.31. The topological polar surface area (TPSA) is 52.6 Å². The lowest BCUT2D eigenvalue weighted by Crippen LogP contribution is -2.30. The summed E-state index contributed by atoms with van der Waals surface area (Å²) in [5, 5.41) is 0. The molecule has 2 atom stereocenters. The van der Waals surface area contributed by atoms with E-state index < -0.39 is 0 Å². The van der Waals surface area contributed by atoms with Crippen molar-refractivity contribution < 1.29 is 19.1 Å². The summed E-state index contributed by atoms with van der Waals surface area (Å²) < 4.78 is 10.8. The van der Waals surface area contributed by atoms with E-state index in [-0.39, 0.29) is 23.8 Å². The lowest BCUT2D eigenvalue weighted by Gasteiger charge is -2.26. The third kappa shape index (κ3) is 10.2. The molecule has 26 heavy (non-hydrogen) atoms. The Labute approximate surface area is 160 Å². The van der Waals surface area contributed by atoms with Gasteiger partial charge in [0.15, 0.2) is 0 Å². The van der Waals surface area contributed by atoms with E-state index in [0.717, 1.165) is 50.9 Å². The van der Waals surface area contributed by atoms with Crippen molar-refractivity contribution in [3.63, 3.8) is 0 Å². The first kappa shape index (κ1) is 23.0. The fraction of sp³-hybridized carbons (Fsp3) is 0.909. The summed E-state index contributed by atoms with van der Waals surface area (Å²) in [6.45, 7) is 7.62. The molecule has 4 heteroatoms. The van der Waals surface area contributed by atoms with Gasteiger partial charge in [-0.1, -0.05) is 65.7 Å². The quantitative estimate of drug-likeness (QED) is 0.310. The average Bonchev–Trinajstić information content (AvgIpc) is 2.63. The van der Waals surface area contributed by atoms with E-state index in [1.807, 2.05) is 0 Å². The van der Waals surface area contributed by atoms with Crippen LogP contribution in [-0.4, -0.2) is 25.2 Å². The lowest BCUT2D eigenvalue weighted by atomic mass is 9.81. The minimum absolute atomic E-state index is 0.115. The van der Waals surface area contributed by atoms with Crippen LogP contribution in [-0.2, 0) is 19.1 Å². The van der Waals surface area contributed by atoms with Gasteiger partial charge in [0.05, 0.1) is 25.0 Å². The summed E-state index contributed by atoms with van der Waals surface area (Å²) in [6.07, 6.45) is 12.3. The smallest absolute Gasteiger partial charge is 0.308 e. The molecule has 0 aromatic rings. The zero-order chi connectivity index (χ0) is 19.2. The van der Waals surface area contributed by atoms with Crippen LogP contribution in [0.2, 0.25) is 0 Å². The molecule has 2 unspecified atom stereocenters. The number of rotatable bonds is 13. The highest BCUT2D eigenvalue weighted by molar-refractivity contribution is 5.76. The molecule has 1 aliphatic rings. The van der Waals surface area contributed by atoms with Crippen molar-refractivity contribution in [2.75, 3.05) is 13.2 Å². The Balaban J connectivity index is 2.13. The minimum Gasteiger partial charge on any atom is -0.465 e. The molecule has 0 heterocycles. The first-order valence-electron chi connectivity index (χ1n) is 10.9. The molecule has 0 aromatic heterocycles. The fourth-order valence-corrected chi connectivity index (χ4v) is 3.53. The van der Waals surface area contributed by atoms with Crippen LogP contribution in [0, 0.1) is 17.8 Å². The van der Waals surface area contributed by atoms with E-state index >= 15 is 0 Å². The van der Waals surface area contributed by atoms with Crippen LogP contribution in [0.5, 0.6) is 0 Å². The van der Waals surface area contributed by atoms with Crippen LogP contribution < -0.4 is 0 Å². The molecular weight excluding hydrogens is 328 g/mol. The van der Waals surface area contributed by atoms with Crippen molar-refractivity contribution in [1.82, 2.24) is 0 Å². The van der Waals surface area contributed by atoms with Gasteiger partial charge in [0.25, 0.3) is 0 Å². The lowest BCUT2D eigenvalue weighted by molar-refractivity contribution is -0.155. The molecule has 0 amide bonds. The van der Waals surface area contributed by atoms with Gasteiger partial charge in [-0.25, -0.2) is 0 Å². The predicted octanol–water partition coefficient (Wildman–Crippen LogP) is 5.68. The summed E-state index contributed by atoms with van der Waals surface area (Å²) in [5.41, 5.74) is 0. The molecule has 0 aromatic carbocycles. The maximum absolute atomic E-state index is 12.3. The van der Waals surface area contributed by atoms with E-state index in [4.69, 9.17) is 9.47 Å². The first-order chi connectivity index (χ1) is 12.5. The maximum atomic E-state index is 12.3. The number of carbonyl (C=O) groups excluding carboxylic acids is 2. The largest absolute Gasteiger partial charge is 0.465 e. The van der Waals surface area contributed by atoms with Crippen LogP contribution in [0.3, 0.4) is 0 Å². The highest BCUT2D eigenvalue weighted by Gasteiger charge is 2.32. The molecule has 0 bridgehead atoms. The third-order valence-electron chi connectivity index (χ3n) is 5.25. The van der Waals surface area contributed by atoms with Crippen LogP contribution >= 0.6 is 0 Å². The molecule has 4 nitrogen and oxygen atoms in total. The molecule has 1 aliphatic carbocycles. The Morgan fingerprint density at radius 3 is 1.96 bits per heavy atom. The van der Waals surface area contributed by atoms with Gasteiger partial charge in [0.2, 0.25) is 0 Å². The number of esters is 2. The van der Waals surface area contributed by atoms with Gasteiger partial charge >= 0.3 is 11.9 Å². The van der Waals surface area contributed by atoms with Crippen molar-refractivity contribution in [1.29, 1.82) is 0 Å². The molecule has 1 rings (SSSR count). The van der Waals surface area contributed by atoms with Gasteiger partial charge in [0.1, 0.15) is 0 Å². The second-order valence-electron chi connectivity index (χ2n) is 8.20. The SMILES string of the molecule is CCCCOC(=O)C1CCCC(C(=O)OCCCCCCCC(C)C)C1. The van der Waals surface area contributed by atoms with Crippen molar-refractivity contribution in [3.8, 4) is 0 Å². The van der Waals surface area contributed by atoms with Crippen molar-refractivity contribution in [3.05, 3.63) is 0 Å². The zero-order valence-electron chi connectivity index (χ0n) is 17.3. The van der Waals surface area contributed by atoms with Gasteiger partial charge < -0.3 is 9.47 Å². The fourth-order valence-electron chi connectivity index (χ4n) is 3.53. The van der Waals surface area contributed by atoms with Crippen LogP contribution in [0.1, 0.15) is 97.8 Å². The Bertz CT molecular complexity index is 392. The minimum atomic E-state index is -0.127. The van der Waals surface area contributed by atoms with Crippen molar-refractivity contribution in [2.24, 2.45) is 17.8 Å². The van der Waals surface area contributed by atoms with Gasteiger partial charge in [-0.3, -0.25) is 9.59 Å². The van der Waals surface area contributed by atoms with E-state index in [2.05, 4.69) is 20.8 Å². The van der Waals surface area contributed by atoms with Crippen LogP contribution in [0.15, 0.2) is 0 Å². The monoisotopic (exact) mass is 368 g/mol. The number of carbonyl (C=O) groups is 2. The van der Waals surface area contributed by atoms with Crippen molar-refractivity contribution in [2.45, 2.75) is 97.8 Å². The van der Waals surface area contributed by atoms with Crippen molar-refractivity contribution >= 4 is 11.9 Å². The third-order valence-corrected chi connectivity index (χ3v) is 5.25. The number of hydrogen-bond acceptors (Lipinski definition) is 4. The number of ether oxygens (including phenoxy) is 2. The highest BCUT2D eigenvalue weighted by atomic mass is 16.5. The van der Waals surface area contributed by atoms with Gasteiger partial charge in [-0.15, -0.1) is 0 Å². The summed E-state index contributed by atoms with van der Waals surface area (Å²) in [6, 6.07) is 0. The average molecular weight is 369 g/mol. The summed E-state index contributed by atoms with van der Waals surface area (Å²) >= 11 is 0. The Morgan fingerprint density at radius 1 is 0.846 bits per heavy atom. The molecule has 1 fully saturated rings. The van der Waals surface area contributed by atoms with Gasteiger partial charge in [-0.05, 0) is 38.0 Å². The molecule has 1 saturated carbocycles. The first-order valence-corrected chi connectivity index (χ1v) is 10.9. The summed E-state index contributed by atoms with van der Waals surface area (Å²) in [4.78, 5) is 24.4. The number of hydrogen-bond donors (Lipinski definition) is 0. The maximum Gasteiger partial charge on any atom is 0.308 e. The molecule has 0 radical (unpaired) electrons. The second kappa shape index (κ2) is 14.1. The normalized spacial score (nSPS) is 20.2. The molecule has 0 N–H and O–H groups in total. The second-order valence-corrected chi connectivity index (χ2v) is 8.20. The molecular formula is C22H40O4. The summed E-state index contributed by atoms with van der Waals surface area (Å²) in [5.74, 6) is 0.296. The Morgan fingerprint density at radius 2 is 1.38 bits per heavy atom. The van der Waals surface area contributed by atoms with E-state index in [0.29, 0.717) is 19.6 Å². The standard InChI is InChI=1S/C22H40O4/c1-4-5-15-25-21(23)19-13-11-14-20(17-19)22(24)26-16-10-8-6-7-9-12-18(2)3/h18-20H,4-17H2,1-3H3. The molecule has 0 aliphatic heterocycles. The van der Waals surface area contributed by atoms with E-state index in [1.54, 1.807) is 0 Å². The Kier molecular flexibility index (Phi) is 12.4. The molecule has 0 spiro atoms. The van der Waals surface area contributed by atoms with Crippen LogP contribution in [0.4, 0.5) is 0 Å². The van der Waals surface area contributed by atoms with Gasteiger partial charge in [0, 0.05) is 0 Å². The molecule has 0 saturated heterocycles. The van der Waals surface area contributed by atoms with Gasteiger partial charge in [-0.2, -0.15) is 0 Å². The zero-order valence-corrected chi connectivity index (χ0v) is 17.3. The summed E-state index contributed by atoms with van der Waals surface area (Å²) in [7, 11) is 0. The Hall–Kier alpha value is -1.06.